The summed E-state index contributed by atoms with van der Waals surface area (Å²) in [4.78, 5) is 22.8. The van der Waals surface area contributed by atoms with Gasteiger partial charge in [0.15, 0.2) is 5.75 Å². The maximum Gasteiger partial charge on any atom is 0.228 e. The fourth-order valence-electron chi connectivity index (χ4n) is 2.68. The summed E-state index contributed by atoms with van der Waals surface area (Å²) in [5.41, 5.74) is 5.21. The zero-order valence-corrected chi connectivity index (χ0v) is 11.9. The Morgan fingerprint density at radius 2 is 2.10 bits per heavy atom. The van der Waals surface area contributed by atoms with Crippen LogP contribution >= 0.6 is 0 Å². The summed E-state index contributed by atoms with van der Waals surface area (Å²) in [6.45, 7) is 0. The maximum absolute atomic E-state index is 11.9. The second kappa shape index (κ2) is 7.15. The molecular weight excluding hydrogens is 272 g/mol. The Morgan fingerprint density at radius 1 is 1.38 bits per heavy atom. The minimum absolute atomic E-state index is 0.124. The SMILES string of the molecule is NC(=O)Cc1occ(O)c1NC(=O)[CH]CC1CCCCC1. The zero-order chi connectivity index (χ0) is 15.2. The number of primary amides is 1. The van der Waals surface area contributed by atoms with Crippen molar-refractivity contribution in [3.8, 4) is 5.75 Å². The third kappa shape index (κ3) is 4.51. The smallest absolute Gasteiger partial charge is 0.228 e. The van der Waals surface area contributed by atoms with Crippen molar-refractivity contribution in [3.63, 3.8) is 0 Å². The third-order valence-corrected chi connectivity index (χ3v) is 3.79. The summed E-state index contributed by atoms with van der Waals surface area (Å²) in [6.07, 6.45) is 9.29. The summed E-state index contributed by atoms with van der Waals surface area (Å²) in [5, 5.41) is 12.2. The number of aromatic hydroxyl groups is 1. The third-order valence-electron chi connectivity index (χ3n) is 3.79. The Morgan fingerprint density at radius 3 is 2.76 bits per heavy atom. The van der Waals surface area contributed by atoms with Crippen molar-refractivity contribution >= 4 is 17.5 Å². The highest BCUT2D eigenvalue weighted by Crippen LogP contribution is 2.31. The van der Waals surface area contributed by atoms with Crippen LogP contribution in [-0.4, -0.2) is 16.9 Å². The van der Waals surface area contributed by atoms with E-state index in [0.29, 0.717) is 5.92 Å². The second-order valence-electron chi connectivity index (χ2n) is 5.50. The number of hydrogen-bond donors (Lipinski definition) is 3. The molecule has 1 aromatic heterocycles. The van der Waals surface area contributed by atoms with Crippen LogP contribution in [0.5, 0.6) is 5.75 Å². The lowest BCUT2D eigenvalue weighted by Gasteiger charge is -2.20. The number of nitrogens with one attached hydrogen (secondary N) is 1. The summed E-state index contributed by atoms with van der Waals surface area (Å²) in [5.74, 6) is -0.369. The van der Waals surface area contributed by atoms with Gasteiger partial charge in [-0.05, 0) is 12.3 Å². The van der Waals surface area contributed by atoms with Crippen LogP contribution in [0.3, 0.4) is 0 Å². The molecule has 0 aliphatic heterocycles. The molecule has 0 aromatic carbocycles. The molecule has 1 aliphatic carbocycles. The Bertz CT molecular complexity index is 504. The van der Waals surface area contributed by atoms with E-state index in [-0.39, 0.29) is 29.5 Å². The first kappa shape index (κ1) is 15.4. The molecule has 0 spiro atoms. The Balaban J connectivity index is 1.87. The molecule has 1 aromatic rings. The second-order valence-corrected chi connectivity index (χ2v) is 5.50. The predicted octanol–water partition coefficient (Wildman–Crippen LogP) is 2.13. The highest BCUT2D eigenvalue weighted by atomic mass is 16.4. The van der Waals surface area contributed by atoms with Crippen LogP contribution in [0.15, 0.2) is 10.7 Å². The van der Waals surface area contributed by atoms with Crippen molar-refractivity contribution in [2.24, 2.45) is 11.7 Å². The number of nitrogens with two attached hydrogens (primary N) is 1. The Labute approximate surface area is 123 Å². The van der Waals surface area contributed by atoms with Crippen LogP contribution in [0.25, 0.3) is 0 Å². The van der Waals surface area contributed by atoms with Crippen molar-refractivity contribution in [1.82, 2.24) is 0 Å². The van der Waals surface area contributed by atoms with E-state index < -0.39 is 5.91 Å². The molecular formula is C15H21N2O4. The average Bonchev–Trinajstić information content (AvgIpc) is 2.78. The lowest BCUT2D eigenvalue weighted by Crippen LogP contribution is -2.18. The summed E-state index contributed by atoms with van der Waals surface area (Å²) >= 11 is 0. The molecule has 1 radical (unpaired) electrons. The molecule has 1 saturated carbocycles. The topological polar surface area (TPSA) is 106 Å². The van der Waals surface area contributed by atoms with Gasteiger partial charge in [-0.3, -0.25) is 9.59 Å². The molecule has 1 aliphatic rings. The molecule has 0 bridgehead atoms. The van der Waals surface area contributed by atoms with Gasteiger partial charge in [0.05, 0.1) is 12.8 Å². The summed E-state index contributed by atoms with van der Waals surface area (Å²) < 4.78 is 5.02. The summed E-state index contributed by atoms with van der Waals surface area (Å²) in [6, 6.07) is 0. The molecule has 2 rings (SSSR count). The van der Waals surface area contributed by atoms with Crippen LogP contribution in [0, 0.1) is 12.3 Å². The van der Waals surface area contributed by atoms with E-state index in [4.69, 9.17) is 10.2 Å². The fourth-order valence-corrected chi connectivity index (χ4v) is 2.68. The first-order chi connectivity index (χ1) is 10.1. The molecule has 4 N–H and O–H groups in total. The highest BCUT2D eigenvalue weighted by Gasteiger charge is 2.19. The number of carbonyl (C=O) groups is 2. The van der Waals surface area contributed by atoms with Gasteiger partial charge in [0, 0.05) is 0 Å². The van der Waals surface area contributed by atoms with Gasteiger partial charge in [-0.1, -0.05) is 32.1 Å². The normalized spacial score (nSPS) is 15.8. The molecule has 2 amide bonds. The van der Waals surface area contributed by atoms with Gasteiger partial charge >= 0.3 is 0 Å². The molecule has 0 saturated heterocycles. The van der Waals surface area contributed by atoms with Crippen LogP contribution in [-0.2, 0) is 16.0 Å². The van der Waals surface area contributed by atoms with E-state index in [1.54, 1.807) is 6.42 Å². The van der Waals surface area contributed by atoms with Crippen LogP contribution in [0.4, 0.5) is 5.69 Å². The van der Waals surface area contributed by atoms with Gasteiger partial charge < -0.3 is 20.6 Å². The van der Waals surface area contributed by atoms with Gasteiger partial charge in [0.2, 0.25) is 11.8 Å². The molecule has 0 atom stereocenters. The maximum atomic E-state index is 11.9. The minimum Gasteiger partial charge on any atom is -0.503 e. The minimum atomic E-state index is -0.592. The summed E-state index contributed by atoms with van der Waals surface area (Å²) in [7, 11) is 0. The van der Waals surface area contributed by atoms with Crippen LogP contribution in [0.2, 0.25) is 0 Å². The lowest BCUT2D eigenvalue weighted by molar-refractivity contribution is -0.117. The molecule has 115 valence electrons. The molecule has 1 heterocycles. The Hall–Kier alpha value is -1.98. The van der Waals surface area contributed by atoms with Crippen molar-refractivity contribution in [2.45, 2.75) is 44.9 Å². The zero-order valence-electron chi connectivity index (χ0n) is 11.9. The number of amides is 2. The van der Waals surface area contributed by atoms with Gasteiger partial charge in [0.25, 0.3) is 0 Å². The van der Waals surface area contributed by atoms with E-state index in [2.05, 4.69) is 5.32 Å². The van der Waals surface area contributed by atoms with Gasteiger partial charge in [-0.25, -0.2) is 0 Å². The Kier molecular flexibility index (Phi) is 5.25. The van der Waals surface area contributed by atoms with E-state index in [1.165, 1.54) is 19.3 Å². The first-order valence-corrected chi connectivity index (χ1v) is 7.28. The molecule has 6 heteroatoms. The lowest BCUT2D eigenvalue weighted by atomic mass is 9.86. The van der Waals surface area contributed by atoms with E-state index in [9.17, 15) is 14.7 Å². The van der Waals surface area contributed by atoms with Crippen molar-refractivity contribution in [2.75, 3.05) is 5.32 Å². The fraction of sp³-hybridized carbons (Fsp3) is 0.533. The standard InChI is InChI=1S/C15H21N2O4/c16-13(19)8-12-15(11(18)9-21-12)17-14(20)7-6-10-4-2-1-3-5-10/h7,9-10,18H,1-6,8H2,(H2,16,19)(H,17,20). The predicted molar refractivity (Wildman–Crippen MR) is 77.4 cm³/mol. The number of rotatable bonds is 6. The molecule has 0 unspecified atom stereocenters. The van der Waals surface area contributed by atoms with E-state index in [1.807, 2.05) is 0 Å². The van der Waals surface area contributed by atoms with Gasteiger partial charge in [0.1, 0.15) is 17.7 Å². The van der Waals surface area contributed by atoms with Crippen LogP contribution < -0.4 is 11.1 Å². The van der Waals surface area contributed by atoms with Gasteiger partial charge in [-0.2, -0.15) is 0 Å². The molecule has 6 nitrogen and oxygen atoms in total. The largest absolute Gasteiger partial charge is 0.503 e. The average molecular weight is 293 g/mol. The van der Waals surface area contributed by atoms with Crippen molar-refractivity contribution in [3.05, 3.63) is 18.4 Å². The quantitative estimate of drug-likeness (QED) is 0.747. The number of carbonyl (C=O) groups excluding carboxylic acids is 2. The van der Waals surface area contributed by atoms with Crippen molar-refractivity contribution in [1.29, 1.82) is 0 Å². The molecule has 21 heavy (non-hydrogen) atoms. The van der Waals surface area contributed by atoms with Gasteiger partial charge in [-0.15, -0.1) is 0 Å². The number of hydrogen-bond acceptors (Lipinski definition) is 4. The van der Waals surface area contributed by atoms with Crippen LogP contribution in [0.1, 0.15) is 44.3 Å². The molecule has 1 fully saturated rings. The number of furan rings is 1. The first-order valence-electron chi connectivity index (χ1n) is 7.28. The monoisotopic (exact) mass is 293 g/mol. The van der Waals surface area contributed by atoms with E-state index >= 15 is 0 Å². The van der Waals surface area contributed by atoms with E-state index in [0.717, 1.165) is 25.5 Å². The van der Waals surface area contributed by atoms with Crippen molar-refractivity contribution < 1.29 is 19.1 Å². The number of anilines is 1. The highest BCUT2D eigenvalue weighted by molar-refractivity contribution is 5.99.